The van der Waals surface area contributed by atoms with Crippen molar-refractivity contribution in [3.63, 3.8) is 0 Å². The Labute approximate surface area is 189 Å². The molecule has 0 bridgehead atoms. The van der Waals surface area contributed by atoms with Crippen LogP contribution in [0.25, 0.3) is 22.4 Å². The number of hydrogen-bond acceptors (Lipinski definition) is 4. The average molecular weight is 471 g/mol. The van der Waals surface area contributed by atoms with Crippen LogP contribution >= 0.6 is 0 Å². The van der Waals surface area contributed by atoms with E-state index in [1.165, 1.54) is 18.2 Å². The van der Waals surface area contributed by atoms with Gasteiger partial charge in [0.1, 0.15) is 22.2 Å². The lowest BCUT2D eigenvalue weighted by Gasteiger charge is -2.21. The Balaban J connectivity index is 1.85. The first-order valence-electron chi connectivity index (χ1n) is 9.81. The van der Waals surface area contributed by atoms with Gasteiger partial charge in [-0.25, -0.2) is 21.6 Å². The summed E-state index contributed by atoms with van der Waals surface area (Å²) in [4.78, 5) is 3.03. The molecule has 0 saturated carbocycles. The lowest BCUT2D eigenvalue weighted by molar-refractivity contribution is 0.552. The molecule has 0 amide bonds. The fourth-order valence-electron chi connectivity index (χ4n) is 3.34. The summed E-state index contributed by atoms with van der Waals surface area (Å²) in [6.07, 6.45) is 4.93. The van der Waals surface area contributed by atoms with Gasteiger partial charge in [-0.05, 0) is 55.0 Å². The van der Waals surface area contributed by atoms with Crippen LogP contribution < -0.4 is 4.31 Å². The number of aromatic nitrogens is 3. The summed E-state index contributed by atoms with van der Waals surface area (Å²) in [5, 5.41) is 4.44. The summed E-state index contributed by atoms with van der Waals surface area (Å²) < 4.78 is 71.2. The largest absolute Gasteiger partial charge is 0.272 e. The minimum Gasteiger partial charge on any atom is -0.272 e. The van der Waals surface area contributed by atoms with Crippen LogP contribution in [0.2, 0.25) is 0 Å². The van der Waals surface area contributed by atoms with Crippen molar-refractivity contribution in [3.05, 3.63) is 91.6 Å². The van der Waals surface area contributed by atoms with Gasteiger partial charge >= 0.3 is 0 Å². The Morgan fingerprint density at radius 2 is 1.76 bits per heavy atom. The lowest BCUT2D eigenvalue weighted by Crippen LogP contribution is -2.26. The smallest absolute Gasteiger partial charge is 0.267 e. The predicted octanol–water partition coefficient (Wildman–Crippen LogP) is 5.04. The second kappa shape index (κ2) is 8.70. The maximum atomic E-state index is 15.7. The van der Waals surface area contributed by atoms with E-state index in [9.17, 15) is 17.2 Å². The lowest BCUT2D eigenvalue weighted by atomic mass is 10.0. The van der Waals surface area contributed by atoms with E-state index in [-0.39, 0.29) is 11.3 Å². The molecule has 1 radical (unpaired) electrons. The van der Waals surface area contributed by atoms with Crippen molar-refractivity contribution in [1.82, 2.24) is 14.8 Å². The molecule has 0 fully saturated rings. The zero-order chi connectivity index (χ0) is 23.8. The van der Waals surface area contributed by atoms with Gasteiger partial charge < -0.3 is 0 Å². The number of nitrogens with zero attached hydrogens (tertiary/aromatic N) is 4. The van der Waals surface area contributed by atoms with Gasteiger partial charge in [0.05, 0.1) is 12.7 Å². The Hall–Kier alpha value is -3.66. The monoisotopic (exact) mass is 471 g/mol. The highest BCUT2D eigenvalue weighted by Crippen LogP contribution is 2.37. The molecule has 4 rings (SSSR count). The summed E-state index contributed by atoms with van der Waals surface area (Å²) >= 11 is 0. The minimum absolute atomic E-state index is 0.0232. The van der Waals surface area contributed by atoms with E-state index in [0.717, 1.165) is 11.6 Å². The van der Waals surface area contributed by atoms with Gasteiger partial charge in [-0.1, -0.05) is 6.07 Å². The van der Waals surface area contributed by atoms with Gasteiger partial charge in [0, 0.05) is 36.3 Å². The molecule has 0 aliphatic carbocycles. The predicted molar refractivity (Wildman–Crippen MR) is 118 cm³/mol. The van der Waals surface area contributed by atoms with Crippen LogP contribution in [0.5, 0.6) is 0 Å². The van der Waals surface area contributed by atoms with E-state index < -0.39 is 38.1 Å². The molecule has 0 spiro atoms. The number of hydrogen-bond donors (Lipinski definition) is 0. The SMILES string of the molecule is [CH2]N(c1cccc(-c2nn(CC)cc2-c2ccncc2)c1F)S(=O)(=O)c1cc(F)ccc1F. The topological polar surface area (TPSA) is 68.1 Å². The maximum Gasteiger partial charge on any atom is 0.267 e. The Bertz CT molecular complexity index is 1420. The molecule has 2 aromatic heterocycles. The van der Waals surface area contributed by atoms with E-state index in [4.69, 9.17) is 0 Å². The van der Waals surface area contributed by atoms with Crippen molar-refractivity contribution in [3.8, 4) is 22.4 Å². The fraction of sp³-hybridized carbons (Fsp3) is 0.0870. The first-order chi connectivity index (χ1) is 15.7. The summed E-state index contributed by atoms with van der Waals surface area (Å²) in [6.45, 7) is 2.39. The van der Waals surface area contributed by atoms with Crippen molar-refractivity contribution in [2.45, 2.75) is 18.4 Å². The quantitative estimate of drug-likeness (QED) is 0.395. The molecule has 0 unspecified atom stereocenters. The zero-order valence-electron chi connectivity index (χ0n) is 17.4. The van der Waals surface area contributed by atoms with E-state index >= 15 is 4.39 Å². The molecule has 0 atom stereocenters. The third kappa shape index (κ3) is 4.09. The first kappa shape index (κ1) is 22.5. The molecule has 0 saturated heterocycles. The fourth-order valence-corrected chi connectivity index (χ4v) is 4.56. The van der Waals surface area contributed by atoms with Crippen molar-refractivity contribution >= 4 is 15.7 Å². The minimum atomic E-state index is -4.70. The normalized spacial score (nSPS) is 11.5. The standard InChI is InChI=1S/C23H18F3N4O2S/c1-3-30-14-18(15-9-11-27-12-10-15)23(28-30)17-5-4-6-20(22(17)26)29(2)33(31,32)21-13-16(24)7-8-19(21)25/h4-14H,2-3H2,1H3. The van der Waals surface area contributed by atoms with Crippen LogP contribution in [0, 0.1) is 24.5 Å². The summed E-state index contributed by atoms with van der Waals surface area (Å²) in [7, 11) is -1.29. The molecule has 0 aliphatic rings. The Kier molecular flexibility index (Phi) is 5.94. The van der Waals surface area contributed by atoms with Gasteiger partial charge in [0.15, 0.2) is 5.82 Å². The molecule has 33 heavy (non-hydrogen) atoms. The number of sulfonamides is 1. The molecule has 6 nitrogen and oxygen atoms in total. The van der Waals surface area contributed by atoms with Gasteiger partial charge in [-0.3, -0.25) is 14.0 Å². The zero-order valence-corrected chi connectivity index (χ0v) is 18.2. The molecule has 10 heteroatoms. The molecule has 4 aromatic rings. The van der Waals surface area contributed by atoms with Gasteiger partial charge in [-0.15, -0.1) is 0 Å². The van der Waals surface area contributed by atoms with Crippen LogP contribution in [0.15, 0.2) is 72.0 Å². The second-order valence-corrected chi connectivity index (χ2v) is 8.88. The van der Waals surface area contributed by atoms with Crippen molar-refractivity contribution < 1.29 is 21.6 Å². The highest BCUT2D eigenvalue weighted by molar-refractivity contribution is 7.92. The molecule has 2 aromatic carbocycles. The molecule has 0 N–H and O–H groups in total. The van der Waals surface area contributed by atoms with Crippen molar-refractivity contribution in [2.75, 3.05) is 4.31 Å². The van der Waals surface area contributed by atoms with E-state index in [0.29, 0.717) is 28.5 Å². The average Bonchev–Trinajstić information content (AvgIpc) is 3.25. The van der Waals surface area contributed by atoms with Gasteiger partial charge in [-0.2, -0.15) is 5.10 Å². The van der Waals surface area contributed by atoms with E-state index in [2.05, 4.69) is 17.1 Å². The molecular weight excluding hydrogens is 453 g/mol. The van der Waals surface area contributed by atoms with Crippen molar-refractivity contribution in [2.24, 2.45) is 0 Å². The van der Waals surface area contributed by atoms with E-state index in [1.54, 1.807) is 35.4 Å². The summed E-state index contributed by atoms with van der Waals surface area (Å²) in [5.74, 6) is -3.06. The highest BCUT2D eigenvalue weighted by Gasteiger charge is 2.29. The number of benzene rings is 2. The number of halogens is 3. The van der Waals surface area contributed by atoms with Crippen LogP contribution in [0.1, 0.15) is 6.92 Å². The van der Waals surface area contributed by atoms with E-state index in [1.807, 2.05) is 6.92 Å². The molecular formula is C23H18F3N4O2S. The maximum absolute atomic E-state index is 15.7. The Morgan fingerprint density at radius 3 is 2.45 bits per heavy atom. The third-order valence-corrected chi connectivity index (χ3v) is 6.69. The van der Waals surface area contributed by atoms with Crippen LogP contribution in [0.3, 0.4) is 0 Å². The van der Waals surface area contributed by atoms with Crippen molar-refractivity contribution in [1.29, 1.82) is 0 Å². The highest BCUT2D eigenvalue weighted by atomic mass is 32.2. The van der Waals surface area contributed by atoms with Crippen LogP contribution in [-0.2, 0) is 16.6 Å². The van der Waals surface area contributed by atoms with Gasteiger partial charge in [0.2, 0.25) is 0 Å². The summed E-state index contributed by atoms with van der Waals surface area (Å²) in [5.41, 5.74) is 1.22. The number of aryl methyl sites for hydroxylation is 1. The molecule has 2 heterocycles. The number of pyridine rings is 1. The Morgan fingerprint density at radius 1 is 1.03 bits per heavy atom. The second-order valence-electron chi connectivity index (χ2n) is 7.05. The van der Waals surface area contributed by atoms with Crippen LogP contribution in [0.4, 0.5) is 18.9 Å². The number of anilines is 1. The molecule has 169 valence electrons. The molecule has 0 aliphatic heterocycles. The van der Waals surface area contributed by atoms with Crippen LogP contribution in [-0.4, -0.2) is 23.2 Å². The number of rotatable bonds is 6. The van der Waals surface area contributed by atoms with Gasteiger partial charge in [0.25, 0.3) is 10.0 Å². The third-order valence-electron chi connectivity index (χ3n) is 5.04. The first-order valence-corrected chi connectivity index (χ1v) is 11.3. The summed E-state index contributed by atoms with van der Waals surface area (Å²) in [6, 6.07) is 9.55.